The molecule has 4 nitrogen and oxygen atoms in total. The summed E-state index contributed by atoms with van der Waals surface area (Å²) in [6.45, 7) is 4.30. The highest BCUT2D eigenvalue weighted by molar-refractivity contribution is 5.52. The molecule has 0 amide bonds. The van der Waals surface area contributed by atoms with Gasteiger partial charge in [0, 0.05) is 55.6 Å². The van der Waals surface area contributed by atoms with Crippen molar-refractivity contribution >= 4 is 0 Å². The molecule has 4 aromatic rings. The van der Waals surface area contributed by atoms with Crippen molar-refractivity contribution in [1.29, 1.82) is 0 Å². The first-order valence-corrected chi connectivity index (χ1v) is 12.8. The molecule has 6 aliphatic rings. The molecule has 4 heteroatoms. The first kappa shape index (κ1) is 20.4. The van der Waals surface area contributed by atoms with E-state index in [1.807, 2.05) is 6.92 Å². The van der Waals surface area contributed by atoms with E-state index in [-0.39, 0.29) is 0 Å². The third kappa shape index (κ3) is 3.25. The van der Waals surface area contributed by atoms with Gasteiger partial charge in [-0.15, -0.1) is 0 Å². The zero-order valence-electron chi connectivity index (χ0n) is 20.3. The van der Waals surface area contributed by atoms with Gasteiger partial charge in [-0.3, -0.25) is 4.90 Å². The van der Waals surface area contributed by atoms with Crippen molar-refractivity contribution in [3.63, 3.8) is 0 Å². The maximum Gasteiger partial charge on any atom is 0.414 e. The van der Waals surface area contributed by atoms with Gasteiger partial charge in [-0.2, -0.15) is 0 Å². The normalized spacial score (nSPS) is 22.4. The van der Waals surface area contributed by atoms with Crippen LogP contribution >= 0.6 is 0 Å². The molecule has 0 spiro atoms. The number of para-hydroxylation sites is 3. The van der Waals surface area contributed by atoms with E-state index in [2.05, 4.69) is 77.7 Å². The Morgan fingerprint density at radius 3 is 1.22 bits per heavy atom. The number of nitrogens with zero attached hydrogens (tertiary/aromatic N) is 1. The van der Waals surface area contributed by atoms with Crippen molar-refractivity contribution in [2.45, 2.75) is 51.8 Å². The summed E-state index contributed by atoms with van der Waals surface area (Å²) < 4.78 is 20.6. The first-order valence-electron chi connectivity index (χ1n) is 12.8. The van der Waals surface area contributed by atoms with Crippen molar-refractivity contribution in [3.8, 4) is 17.2 Å². The summed E-state index contributed by atoms with van der Waals surface area (Å²) >= 11 is 0. The number of hydrogen-bond donors (Lipinski definition) is 0. The Hall–Kier alpha value is -3.76. The van der Waals surface area contributed by atoms with Gasteiger partial charge in [0.05, 0.1) is 6.92 Å². The fraction of sp³-hybridized carbons (Fsp3) is 0.250. The topological polar surface area (TPSA) is 30.9 Å². The van der Waals surface area contributed by atoms with Gasteiger partial charge in [0.15, 0.2) is 0 Å². The molecule has 0 aromatic heterocycles. The van der Waals surface area contributed by atoms with Gasteiger partial charge in [0.2, 0.25) is 0 Å². The molecule has 36 heavy (non-hydrogen) atoms. The maximum absolute atomic E-state index is 6.88. The lowest BCUT2D eigenvalue weighted by Crippen LogP contribution is -2.47. The van der Waals surface area contributed by atoms with Gasteiger partial charge in [-0.05, 0) is 33.4 Å². The highest BCUT2D eigenvalue weighted by atomic mass is 16.9. The monoisotopic (exact) mass is 473 g/mol. The smallest absolute Gasteiger partial charge is 0.414 e. The molecule has 0 radical (unpaired) electrons. The van der Waals surface area contributed by atoms with E-state index < -0.39 is 5.97 Å². The van der Waals surface area contributed by atoms with E-state index in [0.29, 0.717) is 0 Å². The summed E-state index contributed by atoms with van der Waals surface area (Å²) in [6.07, 6.45) is 2.42. The second-order valence-electron chi connectivity index (χ2n) is 10.7. The van der Waals surface area contributed by atoms with Crippen LogP contribution in [0.25, 0.3) is 0 Å². The largest absolute Gasteiger partial charge is 0.420 e. The van der Waals surface area contributed by atoms with Gasteiger partial charge in [0.25, 0.3) is 0 Å². The summed E-state index contributed by atoms with van der Waals surface area (Å²) in [5, 5.41) is 0. The Kier molecular flexibility index (Phi) is 4.19. The summed E-state index contributed by atoms with van der Waals surface area (Å²) in [6, 6.07) is 26.7. The summed E-state index contributed by atoms with van der Waals surface area (Å²) in [7, 11) is 0. The molecule has 6 aliphatic heterocycles. The zero-order chi connectivity index (χ0) is 23.9. The lowest BCUT2D eigenvalue weighted by Gasteiger charge is -2.39. The van der Waals surface area contributed by atoms with Crippen LogP contribution < -0.4 is 14.2 Å². The van der Waals surface area contributed by atoms with Gasteiger partial charge in [0.1, 0.15) is 17.2 Å². The van der Waals surface area contributed by atoms with Gasteiger partial charge in [-0.25, -0.2) is 0 Å². The minimum absolute atomic E-state index is 0.790. The minimum Gasteiger partial charge on any atom is -0.420 e. The second-order valence-corrected chi connectivity index (χ2v) is 10.7. The van der Waals surface area contributed by atoms with Crippen molar-refractivity contribution in [2.75, 3.05) is 0 Å². The molecule has 178 valence electrons. The second kappa shape index (κ2) is 7.37. The fourth-order valence-electron chi connectivity index (χ4n) is 6.41. The average molecular weight is 474 g/mol. The average Bonchev–Trinajstić information content (AvgIpc) is 2.83. The van der Waals surface area contributed by atoms with E-state index in [1.54, 1.807) is 0 Å². The van der Waals surface area contributed by atoms with Gasteiger partial charge >= 0.3 is 5.97 Å². The number of benzene rings is 4. The van der Waals surface area contributed by atoms with Crippen LogP contribution in [0.4, 0.5) is 0 Å². The third-order valence-corrected chi connectivity index (χ3v) is 7.87. The predicted octanol–water partition coefficient (Wildman–Crippen LogP) is 6.13. The number of hydrogen-bond acceptors (Lipinski definition) is 4. The van der Waals surface area contributed by atoms with Crippen LogP contribution in [-0.2, 0) is 38.9 Å². The summed E-state index contributed by atoms with van der Waals surface area (Å²) in [5.74, 6) is 1.30. The lowest BCUT2D eigenvalue weighted by atomic mass is 9.91. The molecule has 0 saturated carbocycles. The molecule has 0 N–H and O–H groups in total. The predicted molar refractivity (Wildman–Crippen MR) is 137 cm³/mol. The molecule has 0 unspecified atom stereocenters. The van der Waals surface area contributed by atoms with Gasteiger partial charge < -0.3 is 14.2 Å². The molecule has 8 bridgehead atoms. The van der Waals surface area contributed by atoms with Crippen LogP contribution in [0.1, 0.15) is 57.0 Å². The Morgan fingerprint density at radius 1 is 0.528 bits per heavy atom. The van der Waals surface area contributed by atoms with Gasteiger partial charge in [-0.1, -0.05) is 72.8 Å². The van der Waals surface area contributed by atoms with E-state index in [0.717, 1.165) is 72.8 Å². The molecule has 0 aliphatic carbocycles. The van der Waals surface area contributed by atoms with Crippen molar-refractivity contribution in [3.05, 3.63) is 123 Å². The standard InChI is InChI=1S/C32H27NO3/c1-32-34-29-23-5-2-8-26(29)17-33-18-27-9-3-6-24(30(27)35-32)15-21-11-20(14-23)12-22(13-21)16-25-7-4-10-28(19-33)31(25)36-32/h2-13H,14-19H2,1H3. The third-order valence-electron chi connectivity index (χ3n) is 7.87. The van der Waals surface area contributed by atoms with Crippen LogP contribution in [0.5, 0.6) is 17.2 Å². The Morgan fingerprint density at radius 2 is 0.861 bits per heavy atom. The van der Waals surface area contributed by atoms with Crippen LogP contribution in [-0.4, -0.2) is 10.9 Å². The van der Waals surface area contributed by atoms with Crippen molar-refractivity contribution in [1.82, 2.24) is 4.90 Å². The quantitative estimate of drug-likeness (QED) is 0.308. The lowest BCUT2D eigenvalue weighted by molar-refractivity contribution is -0.241. The van der Waals surface area contributed by atoms with Crippen LogP contribution in [0.3, 0.4) is 0 Å². The minimum atomic E-state index is -1.32. The van der Waals surface area contributed by atoms with Crippen molar-refractivity contribution < 1.29 is 14.2 Å². The first-order chi connectivity index (χ1) is 17.6. The summed E-state index contributed by atoms with van der Waals surface area (Å²) in [4.78, 5) is 2.49. The zero-order valence-corrected chi connectivity index (χ0v) is 20.3. The van der Waals surface area contributed by atoms with Crippen LogP contribution in [0.2, 0.25) is 0 Å². The molecule has 4 aromatic carbocycles. The SMILES string of the molecule is CC12Oc3c4cccc3CN3Cc5cccc(c5O1)Cc1cc(cc(c1)Cc1cccc(c1O2)C3)C4. The number of ether oxygens (including phenoxy) is 3. The molecule has 0 saturated heterocycles. The molecular weight excluding hydrogens is 446 g/mol. The molecule has 0 atom stereocenters. The Bertz CT molecular complexity index is 1360. The molecule has 10 rings (SSSR count). The molecule has 6 heterocycles. The van der Waals surface area contributed by atoms with Crippen LogP contribution in [0, 0.1) is 0 Å². The maximum atomic E-state index is 6.88. The van der Waals surface area contributed by atoms with Crippen molar-refractivity contribution in [2.24, 2.45) is 0 Å². The molecule has 0 fully saturated rings. The van der Waals surface area contributed by atoms with E-state index in [1.165, 1.54) is 33.4 Å². The Balaban J connectivity index is 1.55. The highest BCUT2D eigenvalue weighted by Crippen LogP contribution is 2.43. The Labute approximate surface area is 211 Å². The van der Waals surface area contributed by atoms with Crippen LogP contribution in [0.15, 0.2) is 72.8 Å². The van der Waals surface area contributed by atoms with E-state index in [9.17, 15) is 0 Å². The molecular formula is C32H27NO3. The number of rotatable bonds is 0. The summed E-state index contributed by atoms with van der Waals surface area (Å²) in [5.41, 5.74) is 10.9. The highest BCUT2D eigenvalue weighted by Gasteiger charge is 2.39. The van der Waals surface area contributed by atoms with E-state index >= 15 is 0 Å². The van der Waals surface area contributed by atoms with E-state index in [4.69, 9.17) is 14.2 Å². The fourth-order valence-corrected chi connectivity index (χ4v) is 6.41.